The van der Waals surface area contributed by atoms with Gasteiger partial charge in [-0.2, -0.15) is 5.10 Å². The molecule has 182 valence electrons. The highest BCUT2D eigenvalue weighted by Crippen LogP contribution is 2.28. The number of anilines is 1. The standard InChI is InChI=1S/C29H40N4O/c1-22-9-12-26(20-23(22)2)32-18-16-31(17-19-32)15-7-8-25-21-28(33(30-25)29(3,4)5)24-10-13-27(34-6)14-11-24/h9-14,20-21H,7-8,15-19H2,1-6H3. The maximum Gasteiger partial charge on any atom is 0.118 e. The maximum atomic E-state index is 5.33. The van der Waals surface area contributed by atoms with Crippen LogP contribution in [-0.4, -0.2) is 54.5 Å². The second-order valence-electron chi connectivity index (χ2n) is 10.5. The highest BCUT2D eigenvalue weighted by Gasteiger charge is 2.21. The Labute approximate surface area is 205 Å². The summed E-state index contributed by atoms with van der Waals surface area (Å²) in [6.07, 6.45) is 2.14. The third-order valence-corrected chi connectivity index (χ3v) is 6.92. The SMILES string of the molecule is COc1ccc(-c2cc(CCCN3CCN(c4ccc(C)c(C)c4)CC3)nn2C(C)(C)C)cc1. The number of methoxy groups -OCH3 is 1. The predicted octanol–water partition coefficient (Wildman–Crippen LogP) is 5.69. The predicted molar refractivity (Wildman–Crippen MR) is 142 cm³/mol. The average molecular weight is 461 g/mol. The van der Waals surface area contributed by atoms with E-state index >= 15 is 0 Å². The minimum absolute atomic E-state index is 0.0713. The van der Waals surface area contributed by atoms with E-state index in [2.05, 4.69) is 85.5 Å². The van der Waals surface area contributed by atoms with Gasteiger partial charge in [0.2, 0.25) is 0 Å². The second kappa shape index (κ2) is 10.2. The molecule has 2 heterocycles. The topological polar surface area (TPSA) is 33.5 Å². The molecule has 4 rings (SSSR count). The Morgan fingerprint density at radius 1 is 0.882 bits per heavy atom. The van der Waals surface area contributed by atoms with Crippen molar-refractivity contribution in [1.82, 2.24) is 14.7 Å². The van der Waals surface area contributed by atoms with Gasteiger partial charge in [-0.05, 0) is 108 Å². The first kappa shape index (κ1) is 24.3. The van der Waals surface area contributed by atoms with Gasteiger partial charge in [0.15, 0.2) is 0 Å². The molecule has 0 N–H and O–H groups in total. The molecule has 34 heavy (non-hydrogen) atoms. The van der Waals surface area contributed by atoms with Crippen molar-refractivity contribution in [1.29, 1.82) is 0 Å². The number of rotatable bonds is 7. The summed E-state index contributed by atoms with van der Waals surface area (Å²) in [7, 11) is 1.70. The zero-order chi connectivity index (χ0) is 24.3. The third kappa shape index (κ3) is 5.64. The lowest BCUT2D eigenvalue weighted by Crippen LogP contribution is -2.46. The zero-order valence-electron chi connectivity index (χ0n) is 21.8. The van der Waals surface area contributed by atoms with E-state index in [1.165, 1.54) is 33.8 Å². The van der Waals surface area contributed by atoms with Crippen LogP contribution in [0, 0.1) is 13.8 Å². The Morgan fingerprint density at radius 2 is 1.59 bits per heavy atom. The summed E-state index contributed by atoms with van der Waals surface area (Å²) < 4.78 is 7.50. The molecule has 1 aliphatic heterocycles. The summed E-state index contributed by atoms with van der Waals surface area (Å²) in [6.45, 7) is 16.6. The molecule has 0 radical (unpaired) electrons. The molecule has 1 aliphatic rings. The molecule has 0 atom stereocenters. The lowest BCUT2D eigenvalue weighted by molar-refractivity contribution is 0.254. The summed E-state index contributed by atoms with van der Waals surface area (Å²) in [5, 5.41) is 5.01. The van der Waals surface area contributed by atoms with Crippen molar-refractivity contribution in [2.75, 3.05) is 44.7 Å². The van der Waals surface area contributed by atoms with Crippen molar-refractivity contribution in [3.63, 3.8) is 0 Å². The molecule has 0 spiro atoms. The van der Waals surface area contributed by atoms with Gasteiger partial charge in [-0.25, -0.2) is 0 Å². The van der Waals surface area contributed by atoms with Gasteiger partial charge in [-0.15, -0.1) is 0 Å². The lowest BCUT2D eigenvalue weighted by atomic mass is 10.1. The quantitative estimate of drug-likeness (QED) is 0.454. The fourth-order valence-electron chi connectivity index (χ4n) is 4.67. The molecular weight excluding hydrogens is 420 g/mol. The number of ether oxygens (including phenoxy) is 1. The summed E-state index contributed by atoms with van der Waals surface area (Å²) in [5.41, 5.74) is 7.56. The molecule has 0 amide bonds. The van der Waals surface area contributed by atoms with Crippen LogP contribution in [0.2, 0.25) is 0 Å². The van der Waals surface area contributed by atoms with Crippen molar-refractivity contribution in [3.05, 3.63) is 65.4 Å². The van der Waals surface area contributed by atoms with Crippen molar-refractivity contribution < 1.29 is 4.74 Å². The molecule has 2 aromatic carbocycles. The monoisotopic (exact) mass is 460 g/mol. The third-order valence-electron chi connectivity index (χ3n) is 6.92. The summed E-state index contributed by atoms with van der Waals surface area (Å²) in [4.78, 5) is 5.12. The van der Waals surface area contributed by atoms with E-state index in [1.807, 2.05) is 12.1 Å². The molecule has 1 aromatic heterocycles. The minimum Gasteiger partial charge on any atom is -0.497 e. The lowest BCUT2D eigenvalue weighted by Gasteiger charge is -2.36. The summed E-state index contributed by atoms with van der Waals surface area (Å²) in [6, 6.07) is 17.4. The van der Waals surface area contributed by atoms with Gasteiger partial charge in [0.1, 0.15) is 5.75 Å². The van der Waals surface area contributed by atoms with Crippen LogP contribution in [0.4, 0.5) is 5.69 Å². The van der Waals surface area contributed by atoms with Gasteiger partial charge in [-0.1, -0.05) is 6.07 Å². The molecule has 0 saturated carbocycles. The van der Waals surface area contributed by atoms with Crippen molar-refractivity contribution >= 4 is 5.69 Å². The van der Waals surface area contributed by atoms with Gasteiger partial charge in [0.05, 0.1) is 24.0 Å². The minimum atomic E-state index is -0.0713. The van der Waals surface area contributed by atoms with E-state index in [4.69, 9.17) is 9.84 Å². The van der Waals surface area contributed by atoms with E-state index in [0.717, 1.165) is 51.3 Å². The number of aromatic nitrogens is 2. The summed E-state index contributed by atoms with van der Waals surface area (Å²) in [5.74, 6) is 0.878. The van der Waals surface area contributed by atoms with Gasteiger partial charge < -0.3 is 9.64 Å². The van der Waals surface area contributed by atoms with Crippen LogP contribution in [0.5, 0.6) is 5.75 Å². The fraction of sp³-hybridized carbons (Fsp3) is 0.483. The highest BCUT2D eigenvalue weighted by molar-refractivity contribution is 5.61. The van der Waals surface area contributed by atoms with Crippen LogP contribution in [0.15, 0.2) is 48.5 Å². The zero-order valence-corrected chi connectivity index (χ0v) is 21.8. The second-order valence-corrected chi connectivity index (χ2v) is 10.5. The average Bonchev–Trinajstić information content (AvgIpc) is 3.26. The normalized spacial score (nSPS) is 15.1. The summed E-state index contributed by atoms with van der Waals surface area (Å²) >= 11 is 0. The Morgan fingerprint density at radius 3 is 2.21 bits per heavy atom. The Balaban J connectivity index is 1.34. The van der Waals surface area contributed by atoms with E-state index in [-0.39, 0.29) is 5.54 Å². The molecule has 1 fully saturated rings. The van der Waals surface area contributed by atoms with E-state index in [0.29, 0.717) is 0 Å². The number of piperazine rings is 1. The number of hydrogen-bond donors (Lipinski definition) is 0. The molecule has 3 aromatic rings. The number of nitrogens with zero attached hydrogens (tertiary/aromatic N) is 4. The first-order chi connectivity index (χ1) is 16.2. The number of benzene rings is 2. The maximum absolute atomic E-state index is 5.33. The fourth-order valence-corrected chi connectivity index (χ4v) is 4.67. The smallest absolute Gasteiger partial charge is 0.118 e. The highest BCUT2D eigenvalue weighted by atomic mass is 16.5. The Kier molecular flexibility index (Phi) is 7.32. The molecule has 1 saturated heterocycles. The van der Waals surface area contributed by atoms with Gasteiger partial charge in [-0.3, -0.25) is 9.58 Å². The van der Waals surface area contributed by atoms with Gasteiger partial charge >= 0.3 is 0 Å². The van der Waals surface area contributed by atoms with E-state index in [9.17, 15) is 0 Å². The van der Waals surface area contributed by atoms with Crippen LogP contribution in [0.3, 0.4) is 0 Å². The van der Waals surface area contributed by atoms with Gasteiger partial charge in [0, 0.05) is 37.4 Å². The van der Waals surface area contributed by atoms with Crippen molar-refractivity contribution in [2.24, 2.45) is 0 Å². The van der Waals surface area contributed by atoms with Crippen LogP contribution >= 0.6 is 0 Å². The van der Waals surface area contributed by atoms with Crippen LogP contribution in [0.25, 0.3) is 11.3 Å². The van der Waals surface area contributed by atoms with Crippen LogP contribution < -0.4 is 9.64 Å². The molecule has 0 aliphatic carbocycles. The number of hydrogen-bond acceptors (Lipinski definition) is 4. The first-order valence-corrected chi connectivity index (χ1v) is 12.5. The first-order valence-electron chi connectivity index (χ1n) is 12.5. The molecule has 0 bridgehead atoms. The van der Waals surface area contributed by atoms with Crippen molar-refractivity contribution in [3.8, 4) is 17.0 Å². The molecular formula is C29H40N4O. The number of aryl methyl sites for hydroxylation is 3. The van der Waals surface area contributed by atoms with E-state index in [1.54, 1.807) is 7.11 Å². The largest absolute Gasteiger partial charge is 0.497 e. The van der Waals surface area contributed by atoms with Crippen molar-refractivity contribution in [2.45, 2.75) is 53.0 Å². The van der Waals surface area contributed by atoms with E-state index < -0.39 is 0 Å². The molecule has 0 unspecified atom stereocenters. The van der Waals surface area contributed by atoms with Crippen LogP contribution in [-0.2, 0) is 12.0 Å². The molecule has 5 heteroatoms. The van der Waals surface area contributed by atoms with Crippen LogP contribution in [0.1, 0.15) is 44.0 Å². The Hall–Kier alpha value is -2.79. The van der Waals surface area contributed by atoms with Gasteiger partial charge in [0.25, 0.3) is 0 Å². The Bertz CT molecular complexity index is 1090. The molecule has 5 nitrogen and oxygen atoms in total.